The number of esters is 2. The van der Waals surface area contributed by atoms with Gasteiger partial charge in [-0.3, -0.25) is 14.4 Å². The Labute approximate surface area is 512 Å². The second-order valence-corrected chi connectivity index (χ2v) is 23.5. The van der Waals surface area contributed by atoms with E-state index in [0.29, 0.717) is 78.4 Å². The van der Waals surface area contributed by atoms with Crippen LogP contribution in [-0.4, -0.2) is 101 Å². The molecule has 14 heteroatoms. The SMILES string of the molecule is Cc1ccc(C(OC(=O)[C@H](CCC(=O)NCCCOCCOCCOCCCNC(=O)OCC2c3ccccc3-c3ccccc32)NC(=O)CCCCCCCCCCCCCCCCC(=O)OC(C)(C)C)(c2ccccc2)c2ccccc2)cc1. The van der Waals surface area contributed by atoms with E-state index in [4.69, 9.17) is 28.4 Å². The van der Waals surface area contributed by atoms with Crippen LogP contribution in [0.3, 0.4) is 0 Å². The first-order valence-electron chi connectivity index (χ1n) is 31.8. The zero-order valence-corrected chi connectivity index (χ0v) is 51.9. The molecule has 0 unspecified atom stereocenters. The summed E-state index contributed by atoms with van der Waals surface area (Å²) >= 11 is 0. The Morgan fingerprint density at radius 3 is 1.41 bits per heavy atom. The number of carbonyl (C=O) groups is 5. The van der Waals surface area contributed by atoms with Crippen molar-refractivity contribution in [2.45, 2.75) is 179 Å². The third-order valence-electron chi connectivity index (χ3n) is 15.4. The van der Waals surface area contributed by atoms with Crippen molar-refractivity contribution >= 4 is 29.8 Å². The maximum absolute atomic E-state index is 14.7. The van der Waals surface area contributed by atoms with Gasteiger partial charge < -0.3 is 44.4 Å². The second-order valence-electron chi connectivity index (χ2n) is 23.5. The van der Waals surface area contributed by atoms with Gasteiger partial charge in [0, 0.05) is 68.2 Å². The molecule has 3 amide bonds. The first-order valence-corrected chi connectivity index (χ1v) is 31.8. The fourth-order valence-corrected chi connectivity index (χ4v) is 10.9. The summed E-state index contributed by atoms with van der Waals surface area (Å²) in [6.07, 6.45) is 17.1. The molecular weight excluding hydrogens is 1080 g/mol. The number of carbonyl (C=O) groups excluding carboxylic acids is 5. The molecule has 1 aliphatic carbocycles. The van der Waals surface area contributed by atoms with Gasteiger partial charge in [0.2, 0.25) is 11.8 Å². The van der Waals surface area contributed by atoms with Gasteiger partial charge in [0.05, 0.1) is 26.4 Å². The maximum atomic E-state index is 14.7. The molecule has 0 fully saturated rings. The molecule has 3 N–H and O–H groups in total. The van der Waals surface area contributed by atoms with Crippen LogP contribution < -0.4 is 16.0 Å². The third kappa shape index (κ3) is 24.1. The quantitative estimate of drug-likeness (QED) is 0.0147. The molecule has 86 heavy (non-hydrogen) atoms. The highest BCUT2D eigenvalue weighted by atomic mass is 16.6. The molecule has 0 aromatic heterocycles. The molecule has 466 valence electrons. The van der Waals surface area contributed by atoms with Crippen molar-refractivity contribution in [3.05, 3.63) is 167 Å². The van der Waals surface area contributed by atoms with Crippen molar-refractivity contribution in [3.8, 4) is 11.1 Å². The lowest BCUT2D eigenvalue weighted by atomic mass is 9.79. The smallest absolute Gasteiger partial charge is 0.407 e. The average molecular weight is 1180 g/mol. The van der Waals surface area contributed by atoms with E-state index in [0.717, 1.165) is 60.8 Å². The Bertz CT molecular complexity index is 2680. The summed E-state index contributed by atoms with van der Waals surface area (Å²) in [5, 5.41) is 8.76. The Kier molecular flexibility index (Phi) is 30.4. The molecule has 14 nitrogen and oxygen atoms in total. The monoisotopic (exact) mass is 1180 g/mol. The summed E-state index contributed by atoms with van der Waals surface area (Å²) in [6, 6.07) is 42.7. The minimum atomic E-state index is -1.35. The van der Waals surface area contributed by atoms with Gasteiger partial charge in [-0.05, 0) is 82.1 Å². The van der Waals surface area contributed by atoms with Crippen molar-refractivity contribution in [1.82, 2.24) is 16.0 Å². The van der Waals surface area contributed by atoms with Gasteiger partial charge in [0.1, 0.15) is 18.2 Å². The zero-order chi connectivity index (χ0) is 61.1. The molecule has 5 aromatic rings. The van der Waals surface area contributed by atoms with E-state index in [-0.39, 0.29) is 49.6 Å². The van der Waals surface area contributed by atoms with Crippen LogP contribution in [0.5, 0.6) is 0 Å². The van der Waals surface area contributed by atoms with Gasteiger partial charge in [-0.2, -0.15) is 0 Å². The number of fused-ring (bicyclic) bond motifs is 3. The first-order chi connectivity index (χ1) is 41.8. The molecule has 0 spiro atoms. The number of nitrogens with one attached hydrogen (secondary N) is 3. The van der Waals surface area contributed by atoms with E-state index in [1.807, 2.05) is 137 Å². The van der Waals surface area contributed by atoms with Gasteiger partial charge in [0.25, 0.3) is 0 Å². The van der Waals surface area contributed by atoms with Gasteiger partial charge in [0.15, 0.2) is 5.60 Å². The van der Waals surface area contributed by atoms with Crippen LogP contribution in [0.1, 0.15) is 188 Å². The molecule has 6 rings (SSSR count). The number of benzene rings is 5. The molecule has 0 saturated carbocycles. The second kappa shape index (κ2) is 38.3. The molecule has 0 heterocycles. The van der Waals surface area contributed by atoms with E-state index in [9.17, 15) is 24.0 Å². The first kappa shape index (κ1) is 68.2. The van der Waals surface area contributed by atoms with E-state index < -0.39 is 29.3 Å². The van der Waals surface area contributed by atoms with Crippen LogP contribution >= 0.6 is 0 Å². The van der Waals surface area contributed by atoms with Gasteiger partial charge in [-0.25, -0.2) is 9.59 Å². The van der Waals surface area contributed by atoms with Gasteiger partial charge >= 0.3 is 18.0 Å². The van der Waals surface area contributed by atoms with Crippen molar-refractivity contribution in [3.63, 3.8) is 0 Å². The highest BCUT2D eigenvalue weighted by molar-refractivity contribution is 5.86. The molecule has 5 aromatic carbocycles. The summed E-state index contributed by atoms with van der Waals surface area (Å²) in [5.41, 5.74) is 6.28. The summed E-state index contributed by atoms with van der Waals surface area (Å²) < 4.78 is 34.8. The van der Waals surface area contributed by atoms with Crippen molar-refractivity contribution < 1.29 is 52.4 Å². The average Bonchev–Trinajstić information content (AvgIpc) is 1.07. The Hall–Kier alpha value is -6.87. The van der Waals surface area contributed by atoms with Crippen LogP contribution in [0.15, 0.2) is 133 Å². The maximum Gasteiger partial charge on any atom is 0.407 e. The lowest BCUT2D eigenvalue weighted by molar-refractivity contribution is -0.158. The molecule has 0 bridgehead atoms. The van der Waals surface area contributed by atoms with E-state index in [2.05, 4.69) is 40.2 Å². The summed E-state index contributed by atoms with van der Waals surface area (Å²) in [6.45, 7) is 11.3. The molecule has 0 radical (unpaired) electrons. The summed E-state index contributed by atoms with van der Waals surface area (Å²) in [7, 11) is 0. The number of hydrogen-bond donors (Lipinski definition) is 3. The number of aryl methyl sites for hydroxylation is 1. The number of ether oxygens (including phenoxy) is 6. The highest BCUT2D eigenvalue weighted by Crippen LogP contribution is 2.45. The number of hydrogen-bond acceptors (Lipinski definition) is 11. The molecule has 0 saturated heterocycles. The van der Waals surface area contributed by atoms with Crippen molar-refractivity contribution in [2.24, 2.45) is 0 Å². The largest absolute Gasteiger partial charge is 0.460 e. The van der Waals surface area contributed by atoms with E-state index >= 15 is 0 Å². The van der Waals surface area contributed by atoms with E-state index in [1.165, 1.54) is 67.2 Å². The summed E-state index contributed by atoms with van der Waals surface area (Å²) in [5.74, 6) is -1.20. The standard InChI is InChI=1S/C72H97N3O11/c1-56-41-43-59(44-42-56)72(57-31-19-17-20-32-57,58-33-21-18-22-34-58)86-69(79)65(75-67(77)39-23-15-13-11-9-7-5-6-8-10-12-14-16-24-40-68(78)85-71(2,3)4)45-46-66(76)73-47-29-49-81-51-53-83-54-52-82-50-30-48-74-70(80)84-55-64-62-37-27-25-35-60(62)61-36-26-28-38-63(61)64/h17-22,25-28,31-38,41-44,64-65H,5-16,23-24,29-30,39-40,45-55H2,1-4H3,(H,73,76)(H,74,80)(H,75,77)/t65-/m0/s1. The lowest BCUT2D eigenvalue weighted by Gasteiger charge is -2.36. The number of unbranched alkanes of at least 4 members (excludes halogenated alkanes) is 13. The van der Waals surface area contributed by atoms with Crippen LogP contribution in [-0.2, 0) is 53.2 Å². The fraction of sp³-hybridized carbons (Fsp3) is 0.514. The minimum Gasteiger partial charge on any atom is -0.460 e. The Morgan fingerprint density at radius 2 is 0.895 bits per heavy atom. The highest BCUT2D eigenvalue weighted by Gasteiger charge is 2.42. The fourth-order valence-electron chi connectivity index (χ4n) is 10.9. The van der Waals surface area contributed by atoms with Crippen LogP contribution in [0.4, 0.5) is 4.79 Å². The predicted octanol–water partition coefficient (Wildman–Crippen LogP) is 14.2. The summed E-state index contributed by atoms with van der Waals surface area (Å²) in [4.78, 5) is 66.1. The number of alkyl carbamates (subject to hydrolysis) is 1. The van der Waals surface area contributed by atoms with Crippen molar-refractivity contribution in [1.29, 1.82) is 0 Å². The molecule has 1 aliphatic rings. The van der Waals surface area contributed by atoms with Crippen LogP contribution in [0, 0.1) is 6.92 Å². The topological polar surface area (TPSA) is 177 Å². The van der Waals surface area contributed by atoms with Crippen LogP contribution in [0.25, 0.3) is 11.1 Å². The normalized spacial score (nSPS) is 12.4. The molecular formula is C72H97N3O11. The van der Waals surface area contributed by atoms with Gasteiger partial charge in [-0.15, -0.1) is 0 Å². The Morgan fingerprint density at radius 1 is 0.453 bits per heavy atom. The predicted molar refractivity (Wildman–Crippen MR) is 339 cm³/mol. The van der Waals surface area contributed by atoms with Gasteiger partial charge in [-0.1, -0.05) is 216 Å². The minimum absolute atomic E-state index is 0.00249. The Balaban J connectivity index is 0.852. The van der Waals surface area contributed by atoms with Crippen molar-refractivity contribution in [2.75, 3.05) is 59.3 Å². The molecule has 1 atom stereocenters. The zero-order valence-electron chi connectivity index (χ0n) is 51.9. The third-order valence-corrected chi connectivity index (χ3v) is 15.4. The number of amides is 3. The number of rotatable bonds is 42. The molecule has 0 aliphatic heterocycles. The van der Waals surface area contributed by atoms with E-state index in [1.54, 1.807) is 0 Å². The lowest BCUT2D eigenvalue weighted by Crippen LogP contribution is -2.46. The van der Waals surface area contributed by atoms with Crippen LogP contribution in [0.2, 0.25) is 0 Å².